The number of anilines is 1. The Morgan fingerprint density at radius 1 is 1.35 bits per heavy atom. The minimum absolute atomic E-state index is 0. The SMILES string of the molecule is Cl.Cl.N[C@H]1CCCN(c2ccc(Br)cc2F)C1. The van der Waals surface area contributed by atoms with Crippen LogP contribution in [-0.2, 0) is 0 Å². The van der Waals surface area contributed by atoms with Crippen molar-refractivity contribution in [2.45, 2.75) is 18.9 Å². The number of halogens is 4. The lowest BCUT2D eigenvalue weighted by atomic mass is 10.1. The van der Waals surface area contributed by atoms with E-state index in [9.17, 15) is 4.39 Å². The Bertz CT molecular complexity index is 365. The Morgan fingerprint density at radius 2 is 2.06 bits per heavy atom. The Kier molecular flexibility index (Phi) is 7.40. The molecule has 0 aromatic heterocycles. The average Bonchev–Trinajstić information content (AvgIpc) is 2.17. The molecule has 6 heteroatoms. The molecule has 0 aliphatic carbocycles. The van der Waals surface area contributed by atoms with Crippen LogP contribution in [0.25, 0.3) is 0 Å². The van der Waals surface area contributed by atoms with Gasteiger partial charge in [-0.25, -0.2) is 4.39 Å². The number of hydrogen-bond acceptors (Lipinski definition) is 2. The lowest BCUT2D eigenvalue weighted by Gasteiger charge is -2.32. The highest BCUT2D eigenvalue weighted by molar-refractivity contribution is 9.10. The minimum Gasteiger partial charge on any atom is -0.368 e. The van der Waals surface area contributed by atoms with Gasteiger partial charge < -0.3 is 10.6 Å². The lowest BCUT2D eigenvalue weighted by molar-refractivity contribution is 0.498. The smallest absolute Gasteiger partial charge is 0.147 e. The molecule has 0 amide bonds. The van der Waals surface area contributed by atoms with E-state index in [1.165, 1.54) is 6.07 Å². The summed E-state index contributed by atoms with van der Waals surface area (Å²) in [6.45, 7) is 1.64. The van der Waals surface area contributed by atoms with Gasteiger partial charge in [0.1, 0.15) is 5.82 Å². The van der Waals surface area contributed by atoms with Gasteiger partial charge in [0.2, 0.25) is 0 Å². The molecule has 1 atom stereocenters. The molecular weight excluding hydrogens is 330 g/mol. The fourth-order valence-corrected chi connectivity index (χ4v) is 2.30. The van der Waals surface area contributed by atoms with Gasteiger partial charge in [-0.1, -0.05) is 15.9 Å². The van der Waals surface area contributed by atoms with E-state index in [1.807, 2.05) is 11.0 Å². The first-order chi connectivity index (χ1) is 7.16. The molecule has 2 N–H and O–H groups in total. The zero-order chi connectivity index (χ0) is 10.8. The largest absolute Gasteiger partial charge is 0.368 e. The van der Waals surface area contributed by atoms with Gasteiger partial charge in [-0.2, -0.15) is 0 Å². The molecule has 1 saturated heterocycles. The summed E-state index contributed by atoms with van der Waals surface area (Å²) >= 11 is 3.25. The molecule has 1 aliphatic heterocycles. The van der Waals surface area contributed by atoms with Crippen molar-refractivity contribution in [3.8, 4) is 0 Å². The number of nitrogens with two attached hydrogens (primary N) is 1. The Morgan fingerprint density at radius 3 is 2.65 bits per heavy atom. The first-order valence-electron chi connectivity index (χ1n) is 5.12. The minimum atomic E-state index is -0.182. The van der Waals surface area contributed by atoms with Crippen molar-refractivity contribution < 1.29 is 4.39 Å². The Hall–Kier alpha value is -0.0300. The fraction of sp³-hybridized carbons (Fsp3) is 0.455. The van der Waals surface area contributed by atoms with Crippen LogP contribution in [0.4, 0.5) is 10.1 Å². The summed E-state index contributed by atoms with van der Waals surface area (Å²) in [4.78, 5) is 2.02. The third-order valence-electron chi connectivity index (χ3n) is 2.71. The van der Waals surface area contributed by atoms with Gasteiger partial charge in [0.25, 0.3) is 0 Å². The number of benzene rings is 1. The molecule has 2 nitrogen and oxygen atoms in total. The van der Waals surface area contributed by atoms with E-state index < -0.39 is 0 Å². The van der Waals surface area contributed by atoms with E-state index in [-0.39, 0.29) is 36.7 Å². The summed E-state index contributed by atoms with van der Waals surface area (Å²) in [5, 5.41) is 0. The van der Waals surface area contributed by atoms with Crippen molar-refractivity contribution in [2.75, 3.05) is 18.0 Å². The van der Waals surface area contributed by atoms with Crippen molar-refractivity contribution >= 4 is 46.4 Å². The summed E-state index contributed by atoms with van der Waals surface area (Å²) in [5.74, 6) is -0.182. The van der Waals surface area contributed by atoms with E-state index in [1.54, 1.807) is 6.07 Å². The Labute approximate surface area is 122 Å². The quantitative estimate of drug-likeness (QED) is 0.845. The first-order valence-corrected chi connectivity index (χ1v) is 5.91. The zero-order valence-electron chi connectivity index (χ0n) is 9.23. The van der Waals surface area contributed by atoms with Gasteiger partial charge >= 0.3 is 0 Å². The van der Waals surface area contributed by atoms with Crippen LogP contribution in [0.15, 0.2) is 22.7 Å². The third-order valence-corrected chi connectivity index (χ3v) is 3.20. The van der Waals surface area contributed by atoms with Gasteiger partial charge in [-0.3, -0.25) is 0 Å². The third kappa shape index (κ3) is 4.28. The molecule has 1 aliphatic rings. The van der Waals surface area contributed by atoms with Crippen molar-refractivity contribution in [1.82, 2.24) is 0 Å². The highest BCUT2D eigenvalue weighted by atomic mass is 79.9. The van der Waals surface area contributed by atoms with Crippen molar-refractivity contribution in [3.63, 3.8) is 0 Å². The summed E-state index contributed by atoms with van der Waals surface area (Å²) in [6.07, 6.45) is 2.07. The van der Waals surface area contributed by atoms with E-state index in [0.717, 1.165) is 30.4 Å². The molecule has 1 heterocycles. The van der Waals surface area contributed by atoms with Crippen molar-refractivity contribution in [1.29, 1.82) is 0 Å². The second kappa shape index (κ2) is 7.41. The van der Waals surface area contributed by atoms with Crippen molar-refractivity contribution in [2.24, 2.45) is 5.73 Å². The molecular formula is C11H16BrCl2FN2. The molecule has 17 heavy (non-hydrogen) atoms. The number of rotatable bonds is 1. The second-order valence-electron chi connectivity index (χ2n) is 3.94. The second-order valence-corrected chi connectivity index (χ2v) is 4.86. The van der Waals surface area contributed by atoms with E-state index >= 15 is 0 Å². The normalized spacial score (nSPS) is 19.2. The predicted octanol–water partition coefficient (Wildman–Crippen LogP) is 3.36. The molecule has 1 fully saturated rings. The standard InChI is InChI=1S/C11H14BrFN2.2ClH/c12-8-3-4-11(10(13)6-8)15-5-1-2-9(14)7-15;;/h3-4,6,9H,1-2,5,7,14H2;2*1H/t9-;;/m0../s1. The van der Waals surface area contributed by atoms with Crippen molar-refractivity contribution in [3.05, 3.63) is 28.5 Å². The lowest BCUT2D eigenvalue weighted by Crippen LogP contribution is -2.43. The molecule has 98 valence electrons. The van der Waals surface area contributed by atoms with E-state index in [2.05, 4.69) is 15.9 Å². The summed E-state index contributed by atoms with van der Waals surface area (Å²) < 4.78 is 14.4. The number of piperidine rings is 1. The van der Waals surface area contributed by atoms with Crippen LogP contribution in [0.3, 0.4) is 0 Å². The van der Waals surface area contributed by atoms with Crippen LogP contribution in [0, 0.1) is 5.82 Å². The molecule has 0 radical (unpaired) electrons. The van der Waals surface area contributed by atoms with Gasteiger partial charge in [-0.05, 0) is 31.0 Å². The zero-order valence-corrected chi connectivity index (χ0v) is 12.5. The molecule has 2 rings (SSSR count). The highest BCUT2D eigenvalue weighted by Crippen LogP contribution is 2.25. The van der Waals surface area contributed by atoms with Crippen LogP contribution >= 0.6 is 40.7 Å². The first kappa shape index (κ1) is 17.0. The molecule has 0 unspecified atom stereocenters. The summed E-state index contributed by atoms with van der Waals surface area (Å²) in [5.41, 5.74) is 6.53. The summed E-state index contributed by atoms with van der Waals surface area (Å²) in [6, 6.07) is 5.33. The fourth-order valence-electron chi connectivity index (χ4n) is 1.97. The van der Waals surface area contributed by atoms with E-state index in [4.69, 9.17) is 5.73 Å². The van der Waals surface area contributed by atoms with Gasteiger partial charge in [-0.15, -0.1) is 24.8 Å². The topological polar surface area (TPSA) is 29.3 Å². The highest BCUT2D eigenvalue weighted by Gasteiger charge is 2.19. The maximum absolute atomic E-state index is 13.6. The Balaban J connectivity index is 0.00000128. The monoisotopic (exact) mass is 344 g/mol. The number of nitrogens with zero attached hydrogens (tertiary/aromatic N) is 1. The molecule has 0 spiro atoms. The number of hydrogen-bond donors (Lipinski definition) is 1. The molecule has 1 aromatic carbocycles. The maximum atomic E-state index is 13.6. The predicted molar refractivity (Wildman–Crippen MR) is 78.0 cm³/mol. The summed E-state index contributed by atoms with van der Waals surface area (Å²) in [7, 11) is 0. The molecule has 0 saturated carbocycles. The van der Waals surface area contributed by atoms with Gasteiger partial charge in [0, 0.05) is 23.6 Å². The van der Waals surface area contributed by atoms with Gasteiger partial charge in [0.05, 0.1) is 5.69 Å². The van der Waals surface area contributed by atoms with E-state index in [0.29, 0.717) is 5.69 Å². The van der Waals surface area contributed by atoms with Crippen LogP contribution in [0.1, 0.15) is 12.8 Å². The van der Waals surface area contributed by atoms with Crippen LogP contribution in [0.5, 0.6) is 0 Å². The molecule has 1 aromatic rings. The van der Waals surface area contributed by atoms with Crippen LogP contribution in [-0.4, -0.2) is 19.1 Å². The van der Waals surface area contributed by atoms with Crippen LogP contribution in [0.2, 0.25) is 0 Å². The van der Waals surface area contributed by atoms with Gasteiger partial charge in [0.15, 0.2) is 0 Å². The molecule has 0 bridgehead atoms. The maximum Gasteiger partial charge on any atom is 0.147 e. The van der Waals surface area contributed by atoms with Crippen LogP contribution < -0.4 is 10.6 Å². The average molecular weight is 346 g/mol.